The minimum Gasteiger partial charge on any atom is -0.458 e. The molecular weight excluding hydrogens is 364 g/mol. The zero-order valence-electron chi connectivity index (χ0n) is 14.5. The lowest BCUT2D eigenvalue weighted by molar-refractivity contribution is -0.141. The van der Waals surface area contributed by atoms with Crippen LogP contribution in [0.4, 0.5) is 0 Å². The maximum atomic E-state index is 12.0. The number of rotatable bonds is 6. The molecule has 2 heterocycles. The van der Waals surface area contributed by atoms with Gasteiger partial charge in [-0.2, -0.15) is 0 Å². The number of oxazole rings is 2. The first-order valence-electron chi connectivity index (χ1n) is 8.35. The second-order valence-corrected chi connectivity index (χ2v) is 6.71. The number of thioether (sulfide) groups is 1. The Kier molecular flexibility index (Phi) is 4.93. The third-order valence-electron chi connectivity index (χ3n) is 3.87. The molecule has 0 aliphatic heterocycles. The van der Waals surface area contributed by atoms with Gasteiger partial charge in [0, 0.05) is 5.56 Å². The third kappa shape index (κ3) is 4.03. The summed E-state index contributed by atoms with van der Waals surface area (Å²) in [7, 11) is 0. The van der Waals surface area contributed by atoms with Crippen LogP contribution in [0.1, 0.15) is 11.5 Å². The predicted octanol–water partition coefficient (Wildman–Crippen LogP) is 4.63. The monoisotopic (exact) mass is 380 g/mol. The summed E-state index contributed by atoms with van der Waals surface area (Å²) in [5, 5.41) is 0.442. The van der Waals surface area contributed by atoms with E-state index in [0.717, 1.165) is 11.1 Å². The van der Waals surface area contributed by atoms with Crippen LogP contribution in [-0.2, 0) is 16.1 Å². The maximum Gasteiger partial charge on any atom is 0.316 e. The summed E-state index contributed by atoms with van der Waals surface area (Å²) in [4.78, 5) is 20.8. The summed E-state index contributed by atoms with van der Waals surface area (Å²) < 4.78 is 16.5. The van der Waals surface area contributed by atoms with E-state index in [1.54, 1.807) is 6.92 Å². The lowest BCUT2D eigenvalue weighted by Gasteiger charge is -2.01. The summed E-state index contributed by atoms with van der Waals surface area (Å²) in [5.74, 6) is 0.883. The Morgan fingerprint density at radius 2 is 1.81 bits per heavy atom. The van der Waals surface area contributed by atoms with E-state index in [9.17, 15) is 4.79 Å². The maximum absolute atomic E-state index is 12.0. The van der Waals surface area contributed by atoms with Gasteiger partial charge in [0.1, 0.15) is 29.3 Å². The van der Waals surface area contributed by atoms with E-state index >= 15 is 0 Å². The van der Waals surface area contributed by atoms with Gasteiger partial charge in [-0.25, -0.2) is 9.97 Å². The van der Waals surface area contributed by atoms with Gasteiger partial charge in [0.15, 0.2) is 5.58 Å². The van der Waals surface area contributed by atoms with Crippen molar-refractivity contribution in [1.82, 2.24) is 9.97 Å². The quantitative estimate of drug-likeness (QED) is 0.356. The number of hydrogen-bond acceptors (Lipinski definition) is 7. The highest BCUT2D eigenvalue weighted by Crippen LogP contribution is 2.24. The van der Waals surface area contributed by atoms with E-state index in [4.69, 9.17) is 13.6 Å². The molecule has 2 aromatic heterocycles. The van der Waals surface area contributed by atoms with Crippen molar-refractivity contribution in [2.45, 2.75) is 18.8 Å². The average Bonchev–Trinajstić information content (AvgIpc) is 3.28. The molecule has 27 heavy (non-hydrogen) atoms. The Morgan fingerprint density at radius 3 is 2.63 bits per heavy atom. The van der Waals surface area contributed by atoms with Crippen molar-refractivity contribution in [3.8, 4) is 11.5 Å². The fourth-order valence-electron chi connectivity index (χ4n) is 2.49. The zero-order valence-corrected chi connectivity index (χ0v) is 15.4. The summed E-state index contributed by atoms with van der Waals surface area (Å²) in [6.07, 6.45) is 0. The second-order valence-electron chi connectivity index (χ2n) is 5.78. The van der Waals surface area contributed by atoms with E-state index in [0.29, 0.717) is 28.2 Å². The molecule has 0 saturated carbocycles. The van der Waals surface area contributed by atoms with Crippen LogP contribution < -0.4 is 0 Å². The molecule has 0 aliphatic carbocycles. The fraction of sp³-hybridized carbons (Fsp3) is 0.150. The van der Waals surface area contributed by atoms with E-state index in [2.05, 4.69) is 9.97 Å². The van der Waals surface area contributed by atoms with Gasteiger partial charge in [-0.15, -0.1) is 0 Å². The van der Waals surface area contributed by atoms with E-state index in [1.165, 1.54) is 11.8 Å². The van der Waals surface area contributed by atoms with Crippen LogP contribution in [0.3, 0.4) is 0 Å². The molecule has 0 radical (unpaired) electrons. The van der Waals surface area contributed by atoms with Gasteiger partial charge in [0.25, 0.3) is 5.22 Å². The smallest absolute Gasteiger partial charge is 0.316 e. The van der Waals surface area contributed by atoms with Crippen molar-refractivity contribution in [2.75, 3.05) is 5.75 Å². The first kappa shape index (κ1) is 17.4. The van der Waals surface area contributed by atoms with Crippen LogP contribution in [0.25, 0.3) is 22.6 Å². The molecule has 2 aromatic carbocycles. The Bertz CT molecular complexity index is 1040. The number of para-hydroxylation sites is 2. The lowest BCUT2D eigenvalue weighted by Crippen LogP contribution is -2.08. The predicted molar refractivity (Wildman–Crippen MR) is 101 cm³/mol. The van der Waals surface area contributed by atoms with Crippen molar-refractivity contribution in [1.29, 1.82) is 0 Å². The molecule has 0 unspecified atom stereocenters. The molecule has 4 aromatic rings. The highest BCUT2D eigenvalue weighted by atomic mass is 32.2. The number of esters is 1. The molecule has 7 heteroatoms. The Morgan fingerprint density at radius 1 is 1.04 bits per heavy atom. The number of hydrogen-bond donors (Lipinski definition) is 0. The SMILES string of the molecule is Cc1oc(-c2ccccc2)nc1COC(=O)CSc1nc2ccccc2o1. The molecule has 0 amide bonds. The summed E-state index contributed by atoms with van der Waals surface area (Å²) in [5.41, 5.74) is 2.94. The molecule has 6 nitrogen and oxygen atoms in total. The Hall–Kier alpha value is -3.06. The van der Waals surface area contributed by atoms with Crippen LogP contribution in [0, 0.1) is 6.92 Å². The minimum absolute atomic E-state index is 0.0646. The average molecular weight is 380 g/mol. The third-order valence-corrected chi connectivity index (χ3v) is 4.67. The number of benzene rings is 2. The topological polar surface area (TPSA) is 78.4 Å². The molecule has 0 fully saturated rings. The number of nitrogens with zero attached hydrogens (tertiary/aromatic N) is 2. The minimum atomic E-state index is -0.370. The molecule has 136 valence electrons. The summed E-state index contributed by atoms with van der Waals surface area (Å²) in [6, 6.07) is 17.0. The molecule has 0 aliphatic rings. The second kappa shape index (κ2) is 7.67. The number of carbonyl (C=O) groups is 1. The Balaban J connectivity index is 1.33. The molecule has 0 atom stereocenters. The van der Waals surface area contributed by atoms with Crippen molar-refractivity contribution in [2.24, 2.45) is 0 Å². The standard InChI is InChI=1S/C20H16N2O4S/c1-13-16(21-19(25-13)14-7-3-2-4-8-14)11-24-18(23)12-27-20-22-15-9-5-6-10-17(15)26-20/h2-10H,11-12H2,1H3. The fourth-order valence-corrected chi connectivity index (χ4v) is 3.13. The van der Waals surface area contributed by atoms with Crippen LogP contribution in [0.15, 0.2) is 68.7 Å². The number of ether oxygens (including phenoxy) is 1. The van der Waals surface area contributed by atoms with Crippen molar-refractivity contribution in [3.05, 3.63) is 66.1 Å². The van der Waals surface area contributed by atoms with Gasteiger partial charge in [0.2, 0.25) is 5.89 Å². The molecule has 0 saturated heterocycles. The van der Waals surface area contributed by atoms with Gasteiger partial charge in [0.05, 0.1) is 0 Å². The summed E-state index contributed by atoms with van der Waals surface area (Å²) >= 11 is 1.20. The number of carbonyl (C=O) groups excluding carboxylic acids is 1. The van der Waals surface area contributed by atoms with Crippen LogP contribution in [0.2, 0.25) is 0 Å². The summed E-state index contributed by atoms with van der Waals surface area (Å²) in [6.45, 7) is 1.87. The van der Waals surface area contributed by atoms with E-state index in [1.807, 2.05) is 54.6 Å². The highest BCUT2D eigenvalue weighted by Gasteiger charge is 2.14. The largest absolute Gasteiger partial charge is 0.458 e. The van der Waals surface area contributed by atoms with Crippen molar-refractivity contribution in [3.63, 3.8) is 0 Å². The van der Waals surface area contributed by atoms with Crippen molar-refractivity contribution >= 4 is 28.8 Å². The van der Waals surface area contributed by atoms with Gasteiger partial charge < -0.3 is 13.6 Å². The first-order valence-corrected chi connectivity index (χ1v) is 9.33. The van der Waals surface area contributed by atoms with Crippen molar-refractivity contribution < 1.29 is 18.4 Å². The van der Waals surface area contributed by atoms with E-state index < -0.39 is 0 Å². The van der Waals surface area contributed by atoms with Crippen LogP contribution >= 0.6 is 11.8 Å². The number of aromatic nitrogens is 2. The van der Waals surface area contributed by atoms with E-state index in [-0.39, 0.29) is 18.3 Å². The first-order chi connectivity index (χ1) is 13.2. The molecule has 0 spiro atoms. The number of aryl methyl sites for hydroxylation is 1. The van der Waals surface area contributed by atoms with Gasteiger partial charge >= 0.3 is 5.97 Å². The highest BCUT2D eigenvalue weighted by molar-refractivity contribution is 7.99. The zero-order chi connectivity index (χ0) is 18.6. The van der Waals surface area contributed by atoms with Gasteiger partial charge in [-0.3, -0.25) is 4.79 Å². The number of fused-ring (bicyclic) bond motifs is 1. The normalized spacial score (nSPS) is 11.0. The van der Waals surface area contributed by atoms with Gasteiger partial charge in [-0.05, 0) is 31.2 Å². The molecule has 0 bridgehead atoms. The van der Waals surface area contributed by atoms with Crippen LogP contribution in [0.5, 0.6) is 0 Å². The molecular formula is C20H16N2O4S. The molecule has 0 N–H and O–H groups in total. The van der Waals surface area contributed by atoms with Crippen LogP contribution in [-0.4, -0.2) is 21.7 Å². The Labute approximate surface area is 159 Å². The van der Waals surface area contributed by atoms with Gasteiger partial charge in [-0.1, -0.05) is 42.1 Å². The molecule has 4 rings (SSSR count). The lowest BCUT2D eigenvalue weighted by atomic mass is 10.2.